The number of ether oxygens (including phenoxy) is 1. The molecule has 0 aromatic heterocycles. The fourth-order valence-corrected chi connectivity index (χ4v) is 4.16. The second-order valence-electron chi connectivity index (χ2n) is 7.44. The number of hydrogen-bond acceptors (Lipinski definition) is 3. The fourth-order valence-electron chi connectivity index (χ4n) is 3.84. The Morgan fingerprint density at radius 3 is 2.59 bits per heavy atom. The summed E-state index contributed by atoms with van der Waals surface area (Å²) < 4.78 is 30.5. The molecule has 0 fully saturated rings. The third-order valence-electron chi connectivity index (χ3n) is 5.04. The number of phenols is 1. The lowest BCUT2D eigenvalue weighted by molar-refractivity contribution is 0.300. The molecule has 0 radical (unpaired) electrons. The zero-order valence-corrected chi connectivity index (χ0v) is 16.5. The van der Waals surface area contributed by atoms with Crippen molar-refractivity contribution in [1.29, 1.82) is 0 Å². The Morgan fingerprint density at radius 2 is 1.96 bits per heavy atom. The Labute approximate surface area is 158 Å². The largest absolute Gasteiger partial charge is 0.505 e. The summed E-state index contributed by atoms with van der Waals surface area (Å²) >= 11 is 0. The van der Waals surface area contributed by atoms with Gasteiger partial charge < -0.3 is 19.6 Å². The Morgan fingerprint density at radius 1 is 1.26 bits per heavy atom. The lowest BCUT2D eigenvalue weighted by Gasteiger charge is -2.19. The molecule has 0 spiro atoms. The first kappa shape index (κ1) is 19.9. The Bertz CT molecular complexity index is 919. The standard InChI is InChI=1S/C20H24FO5P/c1-11(2)17-8-14(9-18(21)20(17)22)16-5-4-13-7-15(6-12(3)19(13)16)26-10-27(23,24)25/h6-9,11,16,22H,4-5,10H2,1-3H3,(H2,23,24,25)/t16-/m0/s1. The lowest BCUT2D eigenvalue weighted by Crippen LogP contribution is -2.03. The molecule has 0 heterocycles. The Kier molecular flexibility index (Phi) is 5.35. The summed E-state index contributed by atoms with van der Waals surface area (Å²) in [6, 6.07) is 6.84. The van der Waals surface area contributed by atoms with E-state index >= 15 is 0 Å². The van der Waals surface area contributed by atoms with Crippen LogP contribution < -0.4 is 4.74 Å². The third kappa shape index (κ3) is 4.18. The second-order valence-corrected chi connectivity index (χ2v) is 9.03. The molecule has 3 rings (SSSR count). The van der Waals surface area contributed by atoms with Crippen LogP contribution >= 0.6 is 7.60 Å². The van der Waals surface area contributed by atoms with Gasteiger partial charge in [-0.1, -0.05) is 19.9 Å². The maximum Gasteiger partial charge on any atom is 0.362 e. The number of hydrogen-bond donors (Lipinski definition) is 3. The first-order valence-electron chi connectivity index (χ1n) is 8.90. The molecule has 2 aromatic carbocycles. The minimum absolute atomic E-state index is 0.00449. The van der Waals surface area contributed by atoms with Crippen LogP contribution in [0.2, 0.25) is 0 Å². The van der Waals surface area contributed by atoms with E-state index in [4.69, 9.17) is 14.5 Å². The molecule has 1 aliphatic rings. The van der Waals surface area contributed by atoms with Crippen LogP contribution in [0.25, 0.3) is 0 Å². The van der Waals surface area contributed by atoms with Gasteiger partial charge in [-0.05, 0) is 71.7 Å². The van der Waals surface area contributed by atoms with Gasteiger partial charge in [0.2, 0.25) is 0 Å². The van der Waals surface area contributed by atoms with Crippen LogP contribution in [-0.2, 0) is 11.0 Å². The average Bonchev–Trinajstić information content (AvgIpc) is 2.99. The molecule has 3 N–H and O–H groups in total. The molecule has 0 saturated carbocycles. The van der Waals surface area contributed by atoms with Gasteiger partial charge in [0, 0.05) is 5.92 Å². The minimum atomic E-state index is -4.24. The van der Waals surface area contributed by atoms with Gasteiger partial charge in [0.1, 0.15) is 5.75 Å². The second kappa shape index (κ2) is 7.27. The van der Waals surface area contributed by atoms with Gasteiger partial charge in [0.15, 0.2) is 17.9 Å². The topological polar surface area (TPSA) is 87.0 Å². The van der Waals surface area contributed by atoms with E-state index < -0.39 is 19.8 Å². The van der Waals surface area contributed by atoms with E-state index in [-0.39, 0.29) is 17.6 Å². The molecule has 0 unspecified atom stereocenters. The molecule has 0 aliphatic heterocycles. The number of aromatic hydroxyl groups is 1. The quantitative estimate of drug-likeness (QED) is 0.648. The van der Waals surface area contributed by atoms with Crippen molar-refractivity contribution in [3.8, 4) is 11.5 Å². The van der Waals surface area contributed by atoms with E-state index in [2.05, 4.69) is 0 Å². The average molecular weight is 394 g/mol. The van der Waals surface area contributed by atoms with Crippen LogP contribution in [0.5, 0.6) is 11.5 Å². The van der Waals surface area contributed by atoms with Crippen molar-refractivity contribution in [1.82, 2.24) is 0 Å². The van der Waals surface area contributed by atoms with Crippen molar-refractivity contribution in [2.24, 2.45) is 0 Å². The highest BCUT2D eigenvalue weighted by Gasteiger charge is 2.28. The number of halogens is 1. The molecule has 2 aromatic rings. The molecule has 27 heavy (non-hydrogen) atoms. The molecular formula is C20H24FO5P. The summed E-state index contributed by atoms with van der Waals surface area (Å²) in [5.74, 6) is -0.447. The normalized spacial score (nSPS) is 16.6. The van der Waals surface area contributed by atoms with Gasteiger partial charge in [-0.3, -0.25) is 4.57 Å². The van der Waals surface area contributed by atoms with Gasteiger partial charge in [0.05, 0.1) is 0 Å². The molecule has 1 aliphatic carbocycles. The molecule has 7 heteroatoms. The Balaban J connectivity index is 1.97. The van der Waals surface area contributed by atoms with Crippen molar-refractivity contribution >= 4 is 7.60 Å². The third-order valence-corrected chi connectivity index (χ3v) is 5.50. The van der Waals surface area contributed by atoms with Crippen LogP contribution in [-0.4, -0.2) is 21.2 Å². The maximum absolute atomic E-state index is 14.3. The van der Waals surface area contributed by atoms with Crippen molar-refractivity contribution in [2.75, 3.05) is 6.35 Å². The SMILES string of the molecule is Cc1cc(OCP(=O)(O)O)cc2c1[C@H](c1cc(F)c(O)c(C(C)C)c1)CC2. The van der Waals surface area contributed by atoms with E-state index in [1.807, 2.05) is 26.8 Å². The molecule has 0 saturated heterocycles. The van der Waals surface area contributed by atoms with E-state index in [1.165, 1.54) is 6.07 Å². The van der Waals surface area contributed by atoms with Crippen molar-refractivity contribution < 1.29 is 28.6 Å². The highest BCUT2D eigenvalue weighted by molar-refractivity contribution is 7.51. The van der Waals surface area contributed by atoms with E-state index in [0.717, 1.165) is 35.1 Å². The lowest BCUT2D eigenvalue weighted by atomic mass is 9.87. The van der Waals surface area contributed by atoms with Crippen molar-refractivity contribution in [2.45, 2.75) is 45.4 Å². The molecule has 1 atom stereocenters. The zero-order chi connectivity index (χ0) is 19.9. The summed E-state index contributed by atoms with van der Waals surface area (Å²) in [6.07, 6.45) is 0.920. The molecule has 5 nitrogen and oxygen atoms in total. The van der Waals surface area contributed by atoms with Crippen molar-refractivity contribution in [3.05, 3.63) is 57.9 Å². The molecule has 146 valence electrons. The number of rotatable bonds is 5. The highest BCUT2D eigenvalue weighted by atomic mass is 31.2. The van der Waals surface area contributed by atoms with Crippen LogP contribution in [0.3, 0.4) is 0 Å². The summed E-state index contributed by atoms with van der Waals surface area (Å²) in [5.41, 5.74) is 4.51. The van der Waals surface area contributed by atoms with Crippen molar-refractivity contribution in [3.63, 3.8) is 0 Å². The smallest absolute Gasteiger partial charge is 0.362 e. The fraction of sp³-hybridized carbons (Fsp3) is 0.400. The molecule has 0 amide bonds. The van der Waals surface area contributed by atoms with Crippen LogP contribution in [0.4, 0.5) is 4.39 Å². The predicted molar refractivity (Wildman–Crippen MR) is 101 cm³/mol. The van der Waals surface area contributed by atoms with E-state index in [0.29, 0.717) is 11.3 Å². The first-order valence-corrected chi connectivity index (χ1v) is 10.7. The number of fused-ring (bicyclic) bond motifs is 1. The zero-order valence-electron chi connectivity index (χ0n) is 15.6. The monoisotopic (exact) mass is 394 g/mol. The first-order chi connectivity index (χ1) is 12.6. The van der Waals surface area contributed by atoms with Gasteiger partial charge in [0.25, 0.3) is 0 Å². The van der Waals surface area contributed by atoms with Crippen LogP contribution in [0.1, 0.15) is 59.9 Å². The van der Waals surface area contributed by atoms with Crippen LogP contribution in [0, 0.1) is 12.7 Å². The van der Waals surface area contributed by atoms with E-state index in [9.17, 15) is 14.1 Å². The van der Waals surface area contributed by atoms with Gasteiger partial charge in [-0.25, -0.2) is 4.39 Å². The summed E-state index contributed by atoms with van der Waals surface area (Å²) in [4.78, 5) is 18.0. The number of aryl methyl sites for hydroxylation is 2. The number of benzene rings is 2. The van der Waals surface area contributed by atoms with Crippen LogP contribution in [0.15, 0.2) is 24.3 Å². The van der Waals surface area contributed by atoms with Gasteiger partial charge >= 0.3 is 7.60 Å². The minimum Gasteiger partial charge on any atom is -0.505 e. The molecular weight excluding hydrogens is 370 g/mol. The summed E-state index contributed by atoms with van der Waals surface area (Å²) in [7, 11) is -4.24. The van der Waals surface area contributed by atoms with Gasteiger partial charge in [-0.2, -0.15) is 0 Å². The number of phenolic OH excluding ortho intramolecular Hbond substituents is 1. The van der Waals surface area contributed by atoms with E-state index in [1.54, 1.807) is 12.1 Å². The summed E-state index contributed by atoms with van der Waals surface area (Å²) in [5, 5.41) is 9.99. The summed E-state index contributed by atoms with van der Waals surface area (Å²) in [6.45, 7) is 5.75. The highest BCUT2D eigenvalue weighted by Crippen LogP contribution is 2.44. The maximum atomic E-state index is 14.3. The molecule has 0 bridgehead atoms. The van der Waals surface area contributed by atoms with Gasteiger partial charge in [-0.15, -0.1) is 0 Å². The Hall–Kier alpha value is -1.88. The predicted octanol–water partition coefficient (Wildman–Crippen LogP) is 4.56.